The van der Waals surface area contributed by atoms with Crippen LogP contribution in [-0.4, -0.2) is 10.9 Å². The highest BCUT2D eigenvalue weighted by molar-refractivity contribution is 7.07. The summed E-state index contributed by atoms with van der Waals surface area (Å²) in [6, 6.07) is 17.8. The molecule has 6 heteroatoms. The van der Waals surface area contributed by atoms with Crippen LogP contribution in [0.5, 0.6) is 5.75 Å². The quantitative estimate of drug-likeness (QED) is 0.441. The van der Waals surface area contributed by atoms with Gasteiger partial charge < -0.3 is 10.6 Å². The first-order chi connectivity index (χ1) is 11.7. The van der Waals surface area contributed by atoms with E-state index < -0.39 is 0 Å². The third-order valence-corrected chi connectivity index (χ3v) is 4.35. The third-order valence-electron chi connectivity index (χ3n) is 3.40. The van der Waals surface area contributed by atoms with E-state index >= 15 is 0 Å². The molecule has 5 nitrogen and oxygen atoms in total. The first-order valence-electron chi connectivity index (χ1n) is 7.48. The molecule has 1 heterocycles. The molecule has 0 saturated carbocycles. The number of nitrogen functional groups attached to an aromatic ring is 1. The zero-order valence-electron chi connectivity index (χ0n) is 13.3. The Hall–Kier alpha value is -2.86. The molecule has 0 saturated heterocycles. The van der Waals surface area contributed by atoms with Crippen molar-refractivity contribution >= 4 is 17.6 Å². The monoisotopic (exact) mass is 338 g/mol. The number of thiazole rings is 1. The van der Waals surface area contributed by atoms with Crippen LogP contribution in [0.1, 0.15) is 16.8 Å². The molecule has 122 valence electrons. The average molecular weight is 338 g/mol. The molecule has 2 aromatic carbocycles. The molecular formula is C18H18N4OS. The molecule has 0 spiro atoms. The second kappa shape index (κ2) is 7.61. The summed E-state index contributed by atoms with van der Waals surface area (Å²) in [5.41, 5.74) is 3.04. The molecule has 0 aliphatic carbocycles. The van der Waals surface area contributed by atoms with Crippen molar-refractivity contribution in [1.82, 2.24) is 4.68 Å². The van der Waals surface area contributed by atoms with E-state index in [1.807, 2.05) is 66.9 Å². The van der Waals surface area contributed by atoms with Crippen molar-refractivity contribution in [1.29, 1.82) is 0 Å². The summed E-state index contributed by atoms with van der Waals surface area (Å²) in [6.07, 6.45) is 1.69. The van der Waals surface area contributed by atoms with Crippen molar-refractivity contribution in [2.75, 3.05) is 5.84 Å². The highest BCUT2D eigenvalue weighted by atomic mass is 32.1. The van der Waals surface area contributed by atoms with Gasteiger partial charge in [0.25, 0.3) is 0 Å². The van der Waals surface area contributed by atoms with Gasteiger partial charge in [0.05, 0.1) is 6.21 Å². The Bertz CT molecular complexity index is 879. The van der Waals surface area contributed by atoms with Gasteiger partial charge >= 0.3 is 0 Å². The Balaban J connectivity index is 1.61. The van der Waals surface area contributed by atoms with Gasteiger partial charge in [0.15, 0.2) is 0 Å². The summed E-state index contributed by atoms with van der Waals surface area (Å²) >= 11 is 1.46. The first kappa shape index (κ1) is 16.0. The number of benzene rings is 2. The van der Waals surface area contributed by atoms with Gasteiger partial charge in [0.1, 0.15) is 12.4 Å². The van der Waals surface area contributed by atoms with Gasteiger partial charge in [0, 0.05) is 11.1 Å². The number of ether oxygens (including phenoxy) is 1. The van der Waals surface area contributed by atoms with Gasteiger partial charge in [0.2, 0.25) is 4.80 Å². The van der Waals surface area contributed by atoms with E-state index in [1.54, 1.807) is 6.21 Å². The summed E-state index contributed by atoms with van der Waals surface area (Å²) in [6.45, 7) is 2.48. The summed E-state index contributed by atoms with van der Waals surface area (Å²) < 4.78 is 7.27. The van der Waals surface area contributed by atoms with Crippen molar-refractivity contribution in [2.24, 2.45) is 10.2 Å². The molecular weight excluding hydrogens is 320 g/mol. The number of hydrogen-bond donors (Lipinski definition) is 1. The highest BCUT2D eigenvalue weighted by Crippen LogP contribution is 2.13. The molecule has 24 heavy (non-hydrogen) atoms. The summed E-state index contributed by atoms with van der Waals surface area (Å²) in [4.78, 5) is 0.659. The molecule has 1 aromatic heterocycles. The van der Waals surface area contributed by atoms with Crippen molar-refractivity contribution in [2.45, 2.75) is 13.5 Å². The lowest BCUT2D eigenvalue weighted by Crippen LogP contribution is -2.23. The molecule has 3 aromatic rings. The molecule has 0 aliphatic heterocycles. The summed E-state index contributed by atoms with van der Waals surface area (Å²) in [5, 5.41) is 10.1. The van der Waals surface area contributed by atoms with E-state index in [0.717, 1.165) is 22.6 Å². The fraction of sp³-hybridized carbons (Fsp3) is 0.111. The van der Waals surface area contributed by atoms with Crippen LogP contribution >= 0.6 is 11.3 Å². The Morgan fingerprint density at radius 1 is 1.12 bits per heavy atom. The second-order valence-electron chi connectivity index (χ2n) is 5.22. The van der Waals surface area contributed by atoms with Crippen LogP contribution in [0.3, 0.4) is 0 Å². The van der Waals surface area contributed by atoms with E-state index in [-0.39, 0.29) is 0 Å². The molecule has 0 bridgehead atoms. The van der Waals surface area contributed by atoms with Gasteiger partial charge in [-0.15, -0.1) is 16.4 Å². The fourth-order valence-electron chi connectivity index (χ4n) is 2.01. The zero-order chi connectivity index (χ0) is 16.8. The van der Waals surface area contributed by atoms with Gasteiger partial charge in [-0.1, -0.05) is 30.3 Å². The molecule has 0 fully saturated rings. The number of nitrogens with zero attached hydrogens (tertiary/aromatic N) is 3. The van der Waals surface area contributed by atoms with Crippen LogP contribution in [0, 0.1) is 6.92 Å². The van der Waals surface area contributed by atoms with Gasteiger partial charge in [-0.3, -0.25) is 0 Å². The smallest absolute Gasteiger partial charge is 0.229 e. The molecule has 0 amide bonds. The van der Waals surface area contributed by atoms with E-state index in [0.29, 0.717) is 11.4 Å². The number of aryl methyl sites for hydroxylation is 1. The van der Waals surface area contributed by atoms with Gasteiger partial charge in [-0.25, -0.2) is 4.68 Å². The number of aromatic nitrogens is 1. The maximum Gasteiger partial charge on any atom is 0.229 e. The van der Waals surface area contributed by atoms with Crippen LogP contribution in [-0.2, 0) is 6.61 Å². The van der Waals surface area contributed by atoms with E-state index in [9.17, 15) is 0 Å². The first-order valence-corrected chi connectivity index (χ1v) is 8.36. The molecule has 2 N–H and O–H groups in total. The third kappa shape index (κ3) is 4.11. The standard InChI is InChI=1S/C18H18N4OS/c1-14-13-24-18(22(14)19)21-20-11-15-7-9-17(10-8-15)23-12-16-5-3-2-4-6-16/h2-11,13H,12,19H2,1H3/b20-11-,21-18+. The minimum atomic E-state index is 0.553. The topological polar surface area (TPSA) is 64.9 Å². The van der Waals surface area contributed by atoms with Crippen LogP contribution < -0.4 is 15.4 Å². The van der Waals surface area contributed by atoms with Crippen molar-refractivity contribution in [3.05, 3.63) is 81.6 Å². The fourth-order valence-corrected chi connectivity index (χ4v) is 2.75. The maximum absolute atomic E-state index is 5.83. The maximum atomic E-state index is 5.83. The molecule has 0 unspecified atom stereocenters. The molecule has 3 rings (SSSR count). The van der Waals surface area contributed by atoms with Crippen molar-refractivity contribution in [3.63, 3.8) is 0 Å². The van der Waals surface area contributed by atoms with E-state index in [1.165, 1.54) is 16.0 Å². The zero-order valence-corrected chi connectivity index (χ0v) is 14.1. The Kier molecular flexibility index (Phi) is 5.08. The normalized spacial score (nSPS) is 12.0. The predicted molar refractivity (Wildman–Crippen MR) is 97.6 cm³/mol. The van der Waals surface area contributed by atoms with Crippen LogP contribution in [0.4, 0.5) is 0 Å². The van der Waals surface area contributed by atoms with Crippen molar-refractivity contribution < 1.29 is 4.74 Å². The Morgan fingerprint density at radius 3 is 2.54 bits per heavy atom. The van der Waals surface area contributed by atoms with E-state index in [4.69, 9.17) is 10.6 Å². The average Bonchev–Trinajstić information content (AvgIpc) is 2.94. The Labute approximate surface area is 144 Å². The molecule has 0 radical (unpaired) electrons. The lowest BCUT2D eigenvalue weighted by Gasteiger charge is -2.06. The van der Waals surface area contributed by atoms with Gasteiger partial charge in [-0.2, -0.15) is 5.10 Å². The number of nitrogens with two attached hydrogens (primary N) is 1. The lowest BCUT2D eigenvalue weighted by molar-refractivity contribution is 0.306. The van der Waals surface area contributed by atoms with Crippen LogP contribution in [0.15, 0.2) is 70.2 Å². The SMILES string of the molecule is Cc1cs/c(=N/N=C\c2ccc(OCc3ccccc3)cc2)n1N. The van der Waals surface area contributed by atoms with Crippen LogP contribution in [0.2, 0.25) is 0 Å². The summed E-state index contributed by atoms with van der Waals surface area (Å²) in [5.74, 6) is 6.65. The number of rotatable bonds is 5. The van der Waals surface area contributed by atoms with Gasteiger partial charge in [-0.05, 0) is 42.3 Å². The second-order valence-corrected chi connectivity index (χ2v) is 6.05. The Morgan fingerprint density at radius 2 is 1.88 bits per heavy atom. The lowest BCUT2D eigenvalue weighted by atomic mass is 10.2. The van der Waals surface area contributed by atoms with E-state index in [2.05, 4.69) is 10.2 Å². The van der Waals surface area contributed by atoms with Crippen molar-refractivity contribution in [3.8, 4) is 5.75 Å². The predicted octanol–water partition coefficient (Wildman–Crippen LogP) is 3.09. The number of hydrogen-bond acceptors (Lipinski definition) is 5. The highest BCUT2D eigenvalue weighted by Gasteiger charge is 1.96. The summed E-state index contributed by atoms with van der Waals surface area (Å²) in [7, 11) is 0. The molecule has 0 aliphatic rings. The minimum absolute atomic E-state index is 0.553. The molecule has 0 atom stereocenters. The minimum Gasteiger partial charge on any atom is -0.489 e. The van der Waals surface area contributed by atoms with Crippen LogP contribution in [0.25, 0.3) is 0 Å². The largest absolute Gasteiger partial charge is 0.489 e.